The zero-order valence-corrected chi connectivity index (χ0v) is 15.9. The Labute approximate surface area is 167 Å². The van der Waals surface area contributed by atoms with Gasteiger partial charge in [-0.05, 0) is 61.2 Å². The van der Waals surface area contributed by atoms with Crippen molar-refractivity contribution in [3.8, 4) is 11.1 Å². The molecule has 4 aromatic rings. The van der Waals surface area contributed by atoms with Crippen molar-refractivity contribution in [2.45, 2.75) is 13.3 Å². The third kappa shape index (κ3) is 3.73. The van der Waals surface area contributed by atoms with Crippen LogP contribution in [0.25, 0.3) is 16.6 Å². The van der Waals surface area contributed by atoms with Gasteiger partial charge in [0.15, 0.2) is 5.82 Å². The van der Waals surface area contributed by atoms with Crippen molar-refractivity contribution in [3.63, 3.8) is 0 Å². The minimum Gasteiger partial charge on any atom is -0.382 e. The van der Waals surface area contributed by atoms with Crippen molar-refractivity contribution in [1.29, 1.82) is 0 Å². The Morgan fingerprint density at radius 3 is 2.69 bits per heavy atom. The summed E-state index contributed by atoms with van der Waals surface area (Å²) in [5, 5.41) is 9.75. The lowest BCUT2D eigenvalue weighted by Gasteiger charge is -2.09. The summed E-state index contributed by atoms with van der Waals surface area (Å²) in [6, 6.07) is 10.8. The van der Waals surface area contributed by atoms with Crippen molar-refractivity contribution in [1.82, 2.24) is 19.6 Å². The van der Waals surface area contributed by atoms with Gasteiger partial charge in [0.05, 0.1) is 0 Å². The molecule has 0 aliphatic rings. The molecule has 3 heterocycles. The quantitative estimate of drug-likeness (QED) is 0.495. The first-order valence-electron chi connectivity index (χ1n) is 9.06. The van der Waals surface area contributed by atoms with Gasteiger partial charge in [0.1, 0.15) is 17.7 Å². The Hall–Kier alpha value is -3.94. The second-order valence-electron chi connectivity index (χ2n) is 6.59. The number of anilines is 3. The number of amides is 2. The number of benzene rings is 1. The van der Waals surface area contributed by atoms with Crippen molar-refractivity contribution >= 4 is 28.9 Å². The SMILES string of the molecule is [CH2]Cc1cn2ncnc(N)c2c1-c1ccc(NC(=O)Nc2cc(C)ccn2)cc1. The lowest BCUT2D eigenvalue weighted by Crippen LogP contribution is -2.20. The first-order valence-corrected chi connectivity index (χ1v) is 9.06. The van der Waals surface area contributed by atoms with E-state index in [1.165, 1.54) is 6.33 Å². The highest BCUT2D eigenvalue weighted by atomic mass is 16.2. The van der Waals surface area contributed by atoms with Gasteiger partial charge in [0, 0.05) is 23.6 Å². The number of nitrogens with zero attached hydrogens (tertiary/aromatic N) is 4. The van der Waals surface area contributed by atoms with Crippen LogP contribution in [-0.2, 0) is 6.42 Å². The number of aryl methyl sites for hydroxylation is 1. The molecule has 4 N–H and O–H groups in total. The van der Waals surface area contributed by atoms with Crippen LogP contribution >= 0.6 is 0 Å². The summed E-state index contributed by atoms with van der Waals surface area (Å²) >= 11 is 0. The van der Waals surface area contributed by atoms with Gasteiger partial charge >= 0.3 is 6.03 Å². The average Bonchev–Trinajstić information content (AvgIpc) is 3.08. The van der Waals surface area contributed by atoms with Crippen LogP contribution in [-0.4, -0.2) is 25.6 Å². The predicted octanol–water partition coefficient (Wildman–Crippen LogP) is 3.70. The molecule has 8 heteroatoms. The summed E-state index contributed by atoms with van der Waals surface area (Å²) in [7, 11) is 0. The van der Waals surface area contributed by atoms with E-state index in [0.717, 1.165) is 27.8 Å². The van der Waals surface area contributed by atoms with Crippen LogP contribution in [0.2, 0.25) is 0 Å². The maximum atomic E-state index is 12.2. The monoisotopic (exact) mass is 386 g/mol. The van der Waals surface area contributed by atoms with Crippen molar-refractivity contribution < 1.29 is 4.79 Å². The molecule has 2 amide bonds. The third-order valence-electron chi connectivity index (χ3n) is 4.54. The molecule has 0 spiro atoms. The number of nitrogens with one attached hydrogen (secondary N) is 2. The smallest absolute Gasteiger partial charge is 0.324 e. The van der Waals surface area contributed by atoms with Crippen LogP contribution in [0, 0.1) is 13.8 Å². The van der Waals surface area contributed by atoms with E-state index in [9.17, 15) is 4.79 Å². The first kappa shape index (κ1) is 18.4. The molecule has 0 saturated carbocycles. The number of hydrogen-bond donors (Lipinski definition) is 3. The molecule has 0 aliphatic heterocycles. The Kier molecular flexibility index (Phi) is 4.82. The van der Waals surface area contributed by atoms with Crippen molar-refractivity contribution in [2.75, 3.05) is 16.4 Å². The van der Waals surface area contributed by atoms with E-state index in [2.05, 4.69) is 32.6 Å². The summed E-state index contributed by atoms with van der Waals surface area (Å²) in [4.78, 5) is 20.4. The average molecular weight is 386 g/mol. The van der Waals surface area contributed by atoms with Gasteiger partial charge in [0.25, 0.3) is 0 Å². The molecule has 0 fully saturated rings. The molecule has 0 atom stereocenters. The molecule has 0 saturated heterocycles. The normalized spacial score (nSPS) is 10.8. The lowest BCUT2D eigenvalue weighted by molar-refractivity contribution is 0.262. The molecular weight excluding hydrogens is 366 g/mol. The Bertz CT molecular complexity index is 1180. The molecule has 0 bridgehead atoms. The fraction of sp³-hybridized carbons (Fsp3) is 0.0952. The maximum Gasteiger partial charge on any atom is 0.324 e. The number of rotatable bonds is 4. The molecule has 3 aromatic heterocycles. The van der Waals surface area contributed by atoms with Crippen molar-refractivity contribution in [2.24, 2.45) is 0 Å². The summed E-state index contributed by atoms with van der Waals surface area (Å²) in [5.41, 5.74) is 11.4. The Morgan fingerprint density at radius 2 is 1.97 bits per heavy atom. The minimum atomic E-state index is -0.360. The van der Waals surface area contributed by atoms with E-state index < -0.39 is 0 Å². The predicted molar refractivity (Wildman–Crippen MR) is 114 cm³/mol. The standard InChI is InChI=1S/C21H20N7O/c1-3-14-11-28-19(20(22)24-12-25-28)18(14)15-4-6-16(7-5-15)26-21(29)27-17-10-13(2)8-9-23-17/h4-12H,1,3H2,2H3,(H2,22,24,25)(H2,23,26,27,29). The number of carbonyl (C=O) groups is 1. The molecule has 0 aliphatic carbocycles. The van der Waals surface area contributed by atoms with Crippen LogP contribution in [0.5, 0.6) is 0 Å². The number of carbonyl (C=O) groups excluding carboxylic acids is 1. The fourth-order valence-electron chi connectivity index (χ4n) is 3.20. The number of aromatic nitrogens is 4. The molecular formula is C21H20N7O. The zero-order chi connectivity index (χ0) is 20.4. The molecule has 145 valence electrons. The molecule has 1 aromatic carbocycles. The van der Waals surface area contributed by atoms with E-state index in [4.69, 9.17) is 5.73 Å². The van der Waals surface area contributed by atoms with Crippen LogP contribution < -0.4 is 16.4 Å². The number of pyridine rings is 1. The van der Waals surface area contributed by atoms with Crippen LogP contribution in [0.4, 0.5) is 22.1 Å². The van der Waals surface area contributed by atoms with E-state index >= 15 is 0 Å². The summed E-state index contributed by atoms with van der Waals surface area (Å²) < 4.78 is 1.71. The van der Waals surface area contributed by atoms with E-state index in [0.29, 0.717) is 23.7 Å². The second kappa shape index (κ2) is 7.59. The molecule has 1 radical (unpaired) electrons. The lowest BCUT2D eigenvalue weighted by atomic mass is 10.0. The number of nitrogens with two attached hydrogens (primary N) is 1. The fourth-order valence-corrected chi connectivity index (χ4v) is 3.20. The molecule has 0 unspecified atom stereocenters. The minimum absolute atomic E-state index is 0.360. The van der Waals surface area contributed by atoms with Gasteiger partial charge in [-0.25, -0.2) is 19.3 Å². The third-order valence-corrected chi connectivity index (χ3v) is 4.54. The number of hydrogen-bond acceptors (Lipinski definition) is 5. The van der Waals surface area contributed by atoms with Gasteiger partial charge < -0.3 is 11.1 Å². The number of urea groups is 1. The van der Waals surface area contributed by atoms with Gasteiger partial charge in [-0.3, -0.25) is 5.32 Å². The Balaban J connectivity index is 1.57. The highest BCUT2D eigenvalue weighted by Crippen LogP contribution is 2.33. The zero-order valence-electron chi connectivity index (χ0n) is 15.9. The highest BCUT2D eigenvalue weighted by Gasteiger charge is 2.15. The summed E-state index contributed by atoms with van der Waals surface area (Å²) in [6.45, 7) is 5.93. The summed E-state index contributed by atoms with van der Waals surface area (Å²) in [5.74, 6) is 0.900. The molecule has 29 heavy (non-hydrogen) atoms. The van der Waals surface area contributed by atoms with Crippen molar-refractivity contribution in [3.05, 3.63) is 73.2 Å². The van der Waals surface area contributed by atoms with Gasteiger partial charge in [-0.2, -0.15) is 5.10 Å². The van der Waals surface area contributed by atoms with Gasteiger partial charge in [-0.15, -0.1) is 0 Å². The maximum absolute atomic E-state index is 12.2. The van der Waals surface area contributed by atoms with E-state index in [1.807, 2.05) is 43.5 Å². The molecule has 4 rings (SSSR count). The highest BCUT2D eigenvalue weighted by molar-refractivity contribution is 5.99. The van der Waals surface area contributed by atoms with Gasteiger partial charge in [0.2, 0.25) is 0 Å². The number of nitrogen functional groups attached to an aromatic ring is 1. The topological polar surface area (TPSA) is 110 Å². The van der Waals surface area contributed by atoms with Gasteiger partial charge in [-0.1, -0.05) is 12.1 Å². The van der Waals surface area contributed by atoms with Crippen LogP contribution in [0.15, 0.2) is 55.1 Å². The van der Waals surface area contributed by atoms with Crippen LogP contribution in [0.3, 0.4) is 0 Å². The first-order chi connectivity index (χ1) is 14.0. The van der Waals surface area contributed by atoms with Crippen LogP contribution in [0.1, 0.15) is 11.1 Å². The number of fused-ring (bicyclic) bond motifs is 1. The Morgan fingerprint density at radius 1 is 1.17 bits per heavy atom. The second-order valence-corrected chi connectivity index (χ2v) is 6.59. The molecule has 8 nitrogen and oxygen atoms in total. The summed E-state index contributed by atoms with van der Waals surface area (Å²) in [6.07, 6.45) is 5.57. The van der Waals surface area contributed by atoms with E-state index in [1.54, 1.807) is 16.8 Å². The largest absolute Gasteiger partial charge is 0.382 e. The van der Waals surface area contributed by atoms with E-state index in [-0.39, 0.29) is 6.03 Å².